The molecule has 0 saturated heterocycles. The van der Waals surface area contributed by atoms with E-state index in [1.165, 1.54) is 29.0 Å². The van der Waals surface area contributed by atoms with E-state index in [4.69, 9.17) is 4.74 Å². The maximum Gasteiger partial charge on any atom is 0.269 e. The standard InChI is InChI=1S/C21H21N3O4S/c1-14(2)16-6-8-18(9-7-16)28-13-20(25)23-21-22-12-19(29-21)11-15-4-3-5-17(10-15)24(26)27/h3-10,12,14H,11,13H2,1-2H3,(H,22,23,25). The number of non-ortho nitro benzene ring substituents is 1. The van der Waals surface area contributed by atoms with Crippen LogP contribution in [0.5, 0.6) is 5.75 Å². The maximum absolute atomic E-state index is 12.1. The van der Waals surface area contributed by atoms with Crippen LogP contribution in [0.3, 0.4) is 0 Å². The van der Waals surface area contributed by atoms with E-state index < -0.39 is 4.92 Å². The minimum atomic E-state index is -0.418. The molecule has 29 heavy (non-hydrogen) atoms. The Labute approximate surface area is 172 Å². The second-order valence-corrected chi connectivity index (χ2v) is 7.91. The fraction of sp³-hybridized carbons (Fsp3) is 0.238. The molecule has 0 radical (unpaired) electrons. The average molecular weight is 411 g/mol. The van der Waals surface area contributed by atoms with Crippen molar-refractivity contribution < 1.29 is 14.5 Å². The molecule has 0 aliphatic carbocycles. The summed E-state index contributed by atoms with van der Waals surface area (Å²) in [7, 11) is 0. The van der Waals surface area contributed by atoms with Crippen molar-refractivity contribution in [1.82, 2.24) is 4.98 Å². The molecule has 7 nitrogen and oxygen atoms in total. The van der Waals surface area contributed by atoms with Crippen molar-refractivity contribution >= 4 is 28.1 Å². The number of carbonyl (C=O) groups is 1. The van der Waals surface area contributed by atoms with Crippen LogP contribution in [0.25, 0.3) is 0 Å². The Morgan fingerprint density at radius 3 is 2.69 bits per heavy atom. The average Bonchev–Trinajstić information content (AvgIpc) is 3.13. The molecule has 3 rings (SSSR count). The number of anilines is 1. The monoisotopic (exact) mass is 411 g/mol. The topological polar surface area (TPSA) is 94.4 Å². The number of hydrogen-bond acceptors (Lipinski definition) is 6. The zero-order valence-electron chi connectivity index (χ0n) is 16.1. The number of rotatable bonds is 8. The van der Waals surface area contributed by atoms with Crippen LogP contribution in [0.4, 0.5) is 10.8 Å². The van der Waals surface area contributed by atoms with E-state index in [0.29, 0.717) is 23.2 Å². The summed E-state index contributed by atoms with van der Waals surface area (Å²) in [5, 5.41) is 14.1. The molecule has 150 valence electrons. The number of hydrogen-bond donors (Lipinski definition) is 1. The molecule has 1 N–H and O–H groups in total. The van der Waals surface area contributed by atoms with Crippen molar-refractivity contribution in [3.05, 3.63) is 80.8 Å². The first-order valence-electron chi connectivity index (χ1n) is 9.11. The predicted octanol–water partition coefficient (Wildman–Crippen LogP) is 4.78. The highest BCUT2D eigenvalue weighted by Crippen LogP contribution is 2.23. The van der Waals surface area contributed by atoms with Crippen LogP contribution in [-0.2, 0) is 11.2 Å². The van der Waals surface area contributed by atoms with E-state index in [1.807, 2.05) is 30.3 Å². The van der Waals surface area contributed by atoms with Gasteiger partial charge in [-0.15, -0.1) is 11.3 Å². The van der Waals surface area contributed by atoms with Crippen LogP contribution in [0.2, 0.25) is 0 Å². The molecule has 1 amide bonds. The number of aromatic nitrogens is 1. The smallest absolute Gasteiger partial charge is 0.269 e. The molecule has 0 unspecified atom stereocenters. The second-order valence-electron chi connectivity index (χ2n) is 6.80. The highest BCUT2D eigenvalue weighted by Gasteiger charge is 2.10. The number of benzene rings is 2. The van der Waals surface area contributed by atoms with Crippen LogP contribution in [0, 0.1) is 10.1 Å². The van der Waals surface area contributed by atoms with Crippen molar-refractivity contribution in [1.29, 1.82) is 0 Å². The lowest BCUT2D eigenvalue weighted by Crippen LogP contribution is -2.19. The molecule has 1 aromatic heterocycles. The van der Waals surface area contributed by atoms with Crippen molar-refractivity contribution in [2.45, 2.75) is 26.2 Å². The minimum Gasteiger partial charge on any atom is -0.484 e. The van der Waals surface area contributed by atoms with E-state index >= 15 is 0 Å². The van der Waals surface area contributed by atoms with E-state index in [9.17, 15) is 14.9 Å². The number of nitrogens with one attached hydrogen (secondary N) is 1. The van der Waals surface area contributed by atoms with E-state index in [2.05, 4.69) is 24.1 Å². The number of nitrogens with zero attached hydrogens (tertiary/aromatic N) is 2. The summed E-state index contributed by atoms with van der Waals surface area (Å²) >= 11 is 1.33. The van der Waals surface area contributed by atoms with Gasteiger partial charge in [0.1, 0.15) is 5.75 Å². The summed E-state index contributed by atoms with van der Waals surface area (Å²) in [6.45, 7) is 4.12. The first-order chi connectivity index (χ1) is 13.9. The van der Waals surface area contributed by atoms with Gasteiger partial charge < -0.3 is 4.74 Å². The molecule has 3 aromatic rings. The van der Waals surface area contributed by atoms with Crippen molar-refractivity contribution in [2.75, 3.05) is 11.9 Å². The summed E-state index contributed by atoms with van der Waals surface area (Å²) in [4.78, 5) is 27.7. The lowest BCUT2D eigenvalue weighted by Gasteiger charge is -2.08. The van der Waals surface area contributed by atoms with Gasteiger partial charge in [-0.1, -0.05) is 38.1 Å². The molecule has 2 aromatic carbocycles. The normalized spacial score (nSPS) is 10.7. The van der Waals surface area contributed by atoms with E-state index in [0.717, 1.165) is 10.4 Å². The fourth-order valence-corrected chi connectivity index (χ4v) is 3.54. The summed E-state index contributed by atoms with van der Waals surface area (Å²) in [6.07, 6.45) is 2.17. The molecule has 0 saturated carbocycles. The molecule has 1 heterocycles. The molecule has 0 atom stereocenters. The Hall–Kier alpha value is -3.26. The summed E-state index contributed by atoms with van der Waals surface area (Å²) < 4.78 is 5.51. The third-order valence-corrected chi connectivity index (χ3v) is 5.13. The highest BCUT2D eigenvalue weighted by atomic mass is 32.1. The van der Waals surface area contributed by atoms with Gasteiger partial charge in [-0.2, -0.15) is 0 Å². The van der Waals surface area contributed by atoms with Gasteiger partial charge >= 0.3 is 0 Å². The molecular weight excluding hydrogens is 390 g/mol. The molecular formula is C21H21N3O4S. The molecule has 0 spiro atoms. The summed E-state index contributed by atoms with van der Waals surface area (Å²) in [5.41, 5.74) is 2.08. The summed E-state index contributed by atoms with van der Waals surface area (Å²) in [5.74, 6) is 0.776. The zero-order valence-corrected chi connectivity index (χ0v) is 16.9. The third-order valence-electron chi connectivity index (χ3n) is 4.22. The molecule has 0 bridgehead atoms. The minimum absolute atomic E-state index is 0.0547. The van der Waals surface area contributed by atoms with Gasteiger partial charge in [0.2, 0.25) is 0 Å². The Morgan fingerprint density at radius 1 is 1.24 bits per heavy atom. The molecule has 8 heteroatoms. The fourth-order valence-electron chi connectivity index (χ4n) is 2.68. The van der Waals surface area contributed by atoms with Crippen molar-refractivity contribution in [3.63, 3.8) is 0 Å². The predicted molar refractivity (Wildman–Crippen MR) is 113 cm³/mol. The second kappa shape index (κ2) is 9.29. The highest BCUT2D eigenvalue weighted by molar-refractivity contribution is 7.15. The van der Waals surface area contributed by atoms with Crippen LogP contribution >= 0.6 is 11.3 Å². The lowest BCUT2D eigenvalue weighted by molar-refractivity contribution is -0.384. The Kier molecular flexibility index (Phi) is 6.56. The molecule has 0 aliphatic rings. The molecule has 0 fully saturated rings. The van der Waals surface area contributed by atoms with Gasteiger partial charge in [0.05, 0.1) is 4.92 Å². The maximum atomic E-state index is 12.1. The van der Waals surface area contributed by atoms with Gasteiger partial charge in [-0.3, -0.25) is 20.2 Å². The number of ether oxygens (including phenoxy) is 1. The van der Waals surface area contributed by atoms with Crippen LogP contribution in [-0.4, -0.2) is 22.4 Å². The third kappa shape index (κ3) is 5.86. The lowest BCUT2D eigenvalue weighted by atomic mass is 10.0. The largest absolute Gasteiger partial charge is 0.484 e. The molecule has 0 aliphatic heterocycles. The first-order valence-corrected chi connectivity index (χ1v) is 9.93. The first kappa shape index (κ1) is 20.5. The Morgan fingerprint density at radius 2 is 2.00 bits per heavy atom. The van der Waals surface area contributed by atoms with Crippen LogP contribution in [0.15, 0.2) is 54.7 Å². The number of carbonyl (C=O) groups excluding carboxylic acids is 1. The van der Waals surface area contributed by atoms with E-state index in [-0.39, 0.29) is 18.2 Å². The van der Waals surface area contributed by atoms with Gasteiger partial charge in [0.15, 0.2) is 11.7 Å². The van der Waals surface area contributed by atoms with Crippen molar-refractivity contribution in [2.24, 2.45) is 0 Å². The van der Waals surface area contributed by atoms with Crippen LogP contribution < -0.4 is 10.1 Å². The quantitative estimate of drug-likeness (QED) is 0.425. The number of thiazole rings is 1. The van der Waals surface area contributed by atoms with Gasteiger partial charge in [0.25, 0.3) is 11.6 Å². The van der Waals surface area contributed by atoms with E-state index in [1.54, 1.807) is 12.3 Å². The van der Waals surface area contributed by atoms with Gasteiger partial charge in [-0.05, 0) is 29.2 Å². The Bertz CT molecular complexity index is 999. The number of amides is 1. The van der Waals surface area contributed by atoms with Crippen LogP contribution in [0.1, 0.15) is 35.8 Å². The summed E-state index contributed by atoms with van der Waals surface area (Å²) in [6, 6.07) is 14.1. The number of nitro groups is 1. The van der Waals surface area contributed by atoms with Gasteiger partial charge in [-0.25, -0.2) is 4.98 Å². The number of nitro benzene ring substituents is 1. The Balaban J connectivity index is 1.52. The van der Waals surface area contributed by atoms with Gasteiger partial charge in [0, 0.05) is 29.6 Å². The zero-order chi connectivity index (χ0) is 20.8. The van der Waals surface area contributed by atoms with Crippen molar-refractivity contribution in [3.8, 4) is 5.75 Å². The SMILES string of the molecule is CC(C)c1ccc(OCC(=O)Nc2ncc(Cc3cccc([N+](=O)[O-])c3)s2)cc1.